The van der Waals surface area contributed by atoms with E-state index in [2.05, 4.69) is 14.9 Å². The molecule has 4 nitrogen and oxygen atoms in total. The van der Waals surface area contributed by atoms with Gasteiger partial charge in [-0.25, -0.2) is 0 Å². The lowest BCUT2D eigenvalue weighted by molar-refractivity contribution is 0.0682. The second kappa shape index (κ2) is 4.70. The molecule has 5 heteroatoms. The van der Waals surface area contributed by atoms with Crippen molar-refractivity contribution in [2.24, 2.45) is 0 Å². The molecule has 0 atom stereocenters. The van der Waals surface area contributed by atoms with E-state index in [1.54, 1.807) is 13.3 Å². The van der Waals surface area contributed by atoms with E-state index in [4.69, 9.17) is 4.74 Å². The van der Waals surface area contributed by atoms with Gasteiger partial charge >= 0.3 is 0 Å². The fourth-order valence-corrected chi connectivity index (χ4v) is 2.37. The maximum atomic E-state index is 5.32. The van der Waals surface area contributed by atoms with Crippen molar-refractivity contribution in [1.29, 1.82) is 0 Å². The Labute approximate surface area is 87.8 Å². The van der Waals surface area contributed by atoms with Gasteiger partial charge in [0.15, 0.2) is 0 Å². The van der Waals surface area contributed by atoms with Crippen LogP contribution in [0.1, 0.15) is 25.7 Å². The van der Waals surface area contributed by atoms with Crippen molar-refractivity contribution in [3.05, 3.63) is 6.20 Å². The Balaban J connectivity index is 1.79. The maximum absolute atomic E-state index is 5.32. The first-order valence-electron chi connectivity index (χ1n) is 4.95. The zero-order chi connectivity index (χ0) is 9.80. The van der Waals surface area contributed by atoms with E-state index in [1.807, 2.05) is 0 Å². The third-order valence-corrected chi connectivity index (χ3v) is 3.31. The molecule has 0 spiro atoms. The van der Waals surface area contributed by atoms with Crippen LogP contribution in [0.4, 0.5) is 5.00 Å². The predicted octanol–water partition coefficient (Wildman–Crippen LogP) is 1.91. The van der Waals surface area contributed by atoms with Gasteiger partial charge in [0.2, 0.25) is 0 Å². The Kier molecular flexibility index (Phi) is 3.31. The summed E-state index contributed by atoms with van der Waals surface area (Å²) in [5.41, 5.74) is 0. The number of hydrogen-bond acceptors (Lipinski definition) is 5. The minimum Gasteiger partial charge on any atom is -0.381 e. The molecule has 0 radical (unpaired) electrons. The molecule has 2 rings (SSSR count). The molecule has 1 aromatic rings. The molecule has 0 aliphatic heterocycles. The summed E-state index contributed by atoms with van der Waals surface area (Å²) in [4.78, 5) is 0. The van der Waals surface area contributed by atoms with Gasteiger partial charge in [-0.15, -0.1) is 5.10 Å². The van der Waals surface area contributed by atoms with Crippen LogP contribution in [0.2, 0.25) is 0 Å². The minimum absolute atomic E-state index is 0.465. The molecule has 78 valence electrons. The third-order valence-electron chi connectivity index (χ3n) is 2.72. The highest BCUT2D eigenvalue weighted by Gasteiger charge is 2.20. The standard InChI is InChI=1S/C9H15N3OS/c1-13-8-4-2-7(3-5-8)11-9-6-10-12-14-9/h6-8,11H,2-5H2,1H3. The quantitative estimate of drug-likeness (QED) is 0.833. The lowest BCUT2D eigenvalue weighted by Crippen LogP contribution is -2.28. The lowest BCUT2D eigenvalue weighted by atomic mass is 9.93. The van der Waals surface area contributed by atoms with Crippen LogP contribution in [0.25, 0.3) is 0 Å². The molecule has 1 N–H and O–H groups in total. The number of hydrogen-bond donors (Lipinski definition) is 1. The highest BCUT2D eigenvalue weighted by atomic mass is 32.1. The normalized spacial score (nSPS) is 27.5. The van der Waals surface area contributed by atoms with Gasteiger partial charge in [-0.05, 0) is 25.7 Å². The van der Waals surface area contributed by atoms with E-state index < -0.39 is 0 Å². The summed E-state index contributed by atoms with van der Waals surface area (Å²) in [5.74, 6) is 0. The molecule has 14 heavy (non-hydrogen) atoms. The number of ether oxygens (including phenoxy) is 1. The molecular weight excluding hydrogens is 198 g/mol. The van der Waals surface area contributed by atoms with E-state index in [9.17, 15) is 0 Å². The molecule has 0 aromatic carbocycles. The molecule has 0 bridgehead atoms. The zero-order valence-electron chi connectivity index (χ0n) is 8.27. The van der Waals surface area contributed by atoms with Crippen molar-refractivity contribution in [3.63, 3.8) is 0 Å². The Hall–Kier alpha value is -0.680. The molecule has 1 heterocycles. The fraction of sp³-hybridized carbons (Fsp3) is 0.778. The molecule has 0 saturated heterocycles. The van der Waals surface area contributed by atoms with Crippen LogP contribution in [-0.2, 0) is 4.74 Å². The number of nitrogens with zero attached hydrogens (tertiary/aromatic N) is 2. The molecule has 0 amide bonds. The summed E-state index contributed by atoms with van der Waals surface area (Å²) < 4.78 is 9.15. The second-order valence-corrected chi connectivity index (χ2v) is 4.42. The number of anilines is 1. The van der Waals surface area contributed by atoms with Crippen molar-refractivity contribution < 1.29 is 4.74 Å². The van der Waals surface area contributed by atoms with E-state index >= 15 is 0 Å². The van der Waals surface area contributed by atoms with Gasteiger partial charge in [-0.2, -0.15) is 0 Å². The topological polar surface area (TPSA) is 47.0 Å². The van der Waals surface area contributed by atoms with Crippen LogP contribution in [-0.4, -0.2) is 28.8 Å². The minimum atomic E-state index is 0.465. The van der Waals surface area contributed by atoms with Crippen LogP contribution in [0.5, 0.6) is 0 Å². The first-order valence-corrected chi connectivity index (χ1v) is 5.72. The SMILES string of the molecule is COC1CCC(Nc2cnns2)CC1. The monoisotopic (exact) mass is 213 g/mol. The molecule has 1 aliphatic carbocycles. The Morgan fingerprint density at radius 2 is 2.21 bits per heavy atom. The highest BCUT2D eigenvalue weighted by Crippen LogP contribution is 2.24. The summed E-state index contributed by atoms with van der Waals surface area (Å²) in [7, 11) is 1.80. The fourth-order valence-electron chi connectivity index (χ4n) is 1.87. The van der Waals surface area contributed by atoms with Crippen molar-refractivity contribution in [3.8, 4) is 0 Å². The van der Waals surface area contributed by atoms with E-state index in [-0.39, 0.29) is 0 Å². The highest BCUT2D eigenvalue weighted by molar-refractivity contribution is 7.09. The smallest absolute Gasteiger partial charge is 0.130 e. The number of aromatic nitrogens is 2. The van der Waals surface area contributed by atoms with Gasteiger partial charge in [0.1, 0.15) is 5.00 Å². The van der Waals surface area contributed by atoms with Crippen molar-refractivity contribution in [2.75, 3.05) is 12.4 Å². The van der Waals surface area contributed by atoms with Gasteiger partial charge in [-0.3, -0.25) is 0 Å². The molecule has 1 fully saturated rings. The maximum Gasteiger partial charge on any atom is 0.130 e. The van der Waals surface area contributed by atoms with Crippen LogP contribution >= 0.6 is 11.5 Å². The average Bonchev–Trinajstić information content (AvgIpc) is 2.72. The van der Waals surface area contributed by atoms with Gasteiger partial charge in [0.05, 0.1) is 12.3 Å². The van der Waals surface area contributed by atoms with Crippen LogP contribution in [0.3, 0.4) is 0 Å². The zero-order valence-corrected chi connectivity index (χ0v) is 9.09. The summed E-state index contributed by atoms with van der Waals surface area (Å²) in [5, 5.41) is 8.32. The number of rotatable bonds is 3. The first kappa shape index (κ1) is 9.86. The van der Waals surface area contributed by atoms with E-state index in [1.165, 1.54) is 24.4 Å². The largest absolute Gasteiger partial charge is 0.381 e. The summed E-state index contributed by atoms with van der Waals surface area (Å²) in [6, 6.07) is 0.573. The third kappa shape index (κ3) is 2.42. The van der Waals surface area contributed by atoms with Gasteiger partial charge < -0.3 is 10.1 Å². The molecule has 1 aliphatic rings. The average molecular weight is 213 g/mol. The van der Waals surface area contributed by atoms with Gasteiger partial charge in [-0.1, -0.05) is 4.49 Å². The molecule has 0 unspecified atom stereocenters. The second-order valence-electron chi connectivity index (χ2n) is 3.64. The van der Waals surface area contributed by atoms with E-state index in [0.29, 0.717) is 12.1 Å². The van der Waals surface area contributed by atoms with Crippen LogP contribution < -0.4 is 5.32 Å². The Bertz CT molecular complexity index is 257. The Morgan fingerprint density at radius 1 is 1.43 bits per heavy atom. The van der Waals surface area contributed by atoms with Crippen molar-refractivity contribution in [1.82, 2.24) is 9.59 Å². The Morgan fingerprint density at radius 3 is 2.79 bits per heavy atom. The molecule has 1 aromatic heterocycles. The lowest BCUT2D eigenvalue weighted by Gasteiger charge is -2.28. The van der Waals surface area contributed by atoms with Crippen molar-refractivity contribution in [2.45, 2.75) is 37.8 Å². The number of nitrogens with one attached hydrogen (secondary N) is 1. The van der Waals surface area contributed by atoms with Gasteiger partial charge in [0, 0.05) is 24.7 Å². The molecule has 1 saturated carbocycles. The van der Waals surface area contributed by atoms with Crippen LogP contribution in [0.15, 0.2) is 6.20 Å². The first-order chi connectivity index (χ1) is 6.88. The van der Waals surface area contributed by atoms with E-state index in [0.717, 1.165) is 17.8 Å². The number of methoxy groups -OCH3 is 1. The summed E-state index contributed by atoms with van der Waals surface area (Å²) in [6.45, 7) is 0. The molecular formula is C9H15N3OS. The van der Waals surface area contributed by atoms with Crippen LogP contribution in [0, 0.1) is 0 Å². The van der Waals surface area contributed by atoms with Crippen molar-refractivity contribution >= 4 is 16.5 Å². The summed E-state index contributed by atoms with van der Waals surface area (Å²) in [6.07, 6.45) is 6.91. The summed E-state index contributed by atoms with van der Waals surface area (Å²) >= 11 is 1.42. The van der Waals surface area contributed by atoms with Gasteiger partial charge in [0.25, 0.3) is 0 Å². The predicted molar refractivity (Wildman–Crippen MR) is 56.6 cm³/mol.